The minimum absolute atomic E-state index is 0.439. The Kier molecular flexibility index (Phi) is 5.00. The Bertz CT molecular complexity index is 700. The van der Waals surface area contributed by atoms with Gasteiger partial charge in [-0.15, -0.1) is 0 Å². The van der Waals surface area contributed by atoms with Crippen LogP contribution in [0.5, 0.6) is 5.75 Å². The molecular formula is C18H22N3O+. The van der Waals surface area contributed by atoms with Crippen molar-refractivity contribution in [1.29, 1.82) is 5.26 Å². The lowest BCUT2D eigenvalue weighted by Gasteiger charge is -2.14. The van der Waals surface area contributed by atoms with Crippen molar-refractivity contribution in [2.45, 2.75) is 33.1 Å². The zero-order chi connectivity index (χ0) is 16.1. The molecule has 0 aliphatic carbocycles. The quantitative estimate of drug-likeness (QED) is 0.921. The Labute approximate surface area is 131 Å². The summed E-state index contributed by atoms with van der Waals surface area (Å²) in [7, 11) is 1.64. The molecule has 114 valence electrons. The lowest BCUT2D eigenvalue weighted by molar-refractivity contribution is -0.373. The van der Waals surface area contributed by atoms with Gasteiger partial charge < -0.3 is 4.74 Å². The molecule has 3 N–H and O–H groups in total. The van der Waals surface area contributed by atoms with Gasteiger partial charge in [0.25, 0.3) is 5.82 Å². The number of hydrogen-bond donors (Lipinski definition) is 1. The Morgan fingerprint density at radius 2 is 1.91 bits per heavy atom. The van der Waals surface area contributed by atoms with Crippen molar-refractivity contribution in [1.82, 2.24) is 0 Å². The lowest BCUT2D eigenvalue weighted by Crippen LogP contribution is -2.22. The van der Waals surface area contributed by atoms with Crippen LogP contribution >= 0.6 is 0 Å². The fourth-order valence-corrected chi connectivity index (χ4v) is 2.78. The summed E-state index contributed by atoms with van der Waals surface area (Å²) in [6.07, 6.45) is 2.79. The van der Waals surface area contributed by atoms with Crippen LogP contribution in [0.1, 0.15) is 37.1 Å². The first-order valence-corrected chi connectivity index (χ1v) is 7.57. The van der Waals surface area contributed by atoms with E-state index in [1.165, 1.54) is 0 Å². The number of benzene rings is 1. The van der Waals surface area contributed by atoms with E-state index >= 15 is 0 Å². The molecule has 1 aromatic heterocycles. The Balaban J connectivity index is 2.72. The smallest absolute Gasteiger partial charge is 0.289 e. The van der Waals surface area contributed by atoms with E-state index in [0.29, 0.717) is 11.4 Å². The molecule has 2 rings (SSSR count). The number of nitrogens with zero attached hydrogens (tertiary/aromatic N) is 1. The number of anilines is 1. The van der Waals surface area contributed by atoms with E-state index in [9.17, 15) is 5.26 Å². The van der Waals surface area contributed by atoms with Crippen molar-refractivity contribution in [2.24, 2.45) is 0 Å². The van der Waals surface area contributed by atoms with Crippen LogP contribution in [0, 0.1) is 11.3 Å². The highest BCUT2D eigenvalue weighted by Crippen LogP contribution is 2.32. The summed E-state index contributed by atoms with van der Waals surface area (Å²) in [6, 6.07) is 10.0. The summed E-state index contributed by atoms with van der Waals surface area (Å²) in [5, 5.41) is 9.53. The van der Waals surface area contributed by atoms with E-state index in [2.05, 4.69) is 24.9 Å². The number of nitrogens with two attached hydrogens (primary N) is 1. The number of nitriles is 1. The summed E-state index contributed by atoms with van der Waals surface area (Å²) in [4.78, 5) is 3.21. The largest absolute Gasteiger partial charge is 0.497 e. The van der Waals surface area contributed by atoms with Crippen LogP contribution in [-0.4, -0.2) is 7.11 Å². The van der Waals surface area contributed by atoms with Gasteiger partial charge in [-0.25, -0.2) is 4.98 Å². The van der Waals surface area contributed by atoms with Crippen molar-refractivity contribution in [3.05, 3.63) is 41.1 Å². The lowest BCUT2D eigenvalue weighted by atomic mass is 9.91. The van der Waals surface area contributed by atoms with Crippen LogP contribution in [0.2, 0.25) is 0 Å². The van der Waals surface area contributed by atoms with Crippen molar-refractivity contribution in [3.63, 3.8) is 0 Å². The molecule has 0 fully saturated rings. The highest BCUT2D eigenvalue weighted by atomic mass is 16.5. The first-order valence-electron chi connectivity index (χ1n) is 7.57. The molecule has 0 aliphatic heterocycles. The standard InChI is InChI=1S/C18H21N3O/c1-4-6-16-14(5-2)17(15(11-19)18(20)21-16)12-7-9-13(22-3)10-8-12/h7-10H,4-6H2,1-3H3,(H2,20,21)/p+1. The number of ether oxygens (including phenoxy) is 1. The highest BCUT2D eigenvalue weighted by molar-refractivity contribution is 5.78. The summed E-state index contributed by atoms with van der Waals surface area (Å²) in [5.74, 6) is 1.23. The van der Waals surface area contributed by atoms with Gasteiger partial charge in [0.2, 0.25) is 0 Å². The van der Waals surface area contributed by atoms with Gasteiger partial charge in [-0.1, -0.05) is 26.0 Å². The molecule has 0 amide bonds. The fraction of sp³-hybridized carbons (Fsp3) is 0.333. The summed E-state index contributed by atoms with van der Waals surface area (Å²) in [5.41, 5.74) is 10.8. The molecule has 1 heterocycles. The monoisotopic (exact) mass is 296 g/mol. The second-order valence-electron chi connectivity index (χ2n) is 5.19. The minimum atomic E-state index is 0.439. The van der Waals surface area contributed by atoms with Gasteiger partial charge in [0, 0.05) is 17.5 Å². The molecule has 1 aromatic carbocycles. The Morgan fingerprint density at radius 3 is 2.41 bits per heavy atom. The second kappa shape index (κ2) is 6.95. The van der Waals surface area contributed by atoms with Crippen LogP contribution in [-0.2, 0) is 12.8 Å². The first-order chi connectivity index (χ1) is 10.7. The molecule has 0 atom stereocenters. The number of aromatic nitrogens is 1. The second-order valence-corrected chi connectivity index (χ2v) is 5.19. The highest BCUT2D eigenvalue weighted by Gasteiger charge is 2.21. The molecular weight excluding hydrogens is 274 g/mol. The van der Waals surface area contributed by atoms with Gasteiger partial charge in [0.15, 0.2) is 0 Å². The average molecular weight is 296 g/mol. The third-order valence-electron chi connectivity index (χ3n) is 3.81. The van der Waals surface area contributed by atoms with Gasteiger partial charge >= 0.3 is 0 Å². The zero-order valence-corrected chi connectivity index (χ0v) is 13.4. The molecule has 0 aliphatic rings. The molecule has 4 heteroatoms. The number of H-pyrrole nitrogens is 1. The summed E-state index contributed by atoms with van der Waals surface area (Å²) < 4.78 is 5.21. The van der Waals surface area contributed by atoms with Crippen LogP contribution in [0.15, 0.2) is 24.3 Å². The van der Waals surface area contributed by atoms with Crippen molar-refractivity contribution >= 4 is 5.82 Å². The van der Waals surface area contributed by atoms with Crippen LogP contribution in [0.25, 0.3) is 11.1 Å². The van der Waals surface area contributed by atoms with Gasteiger partial charge in [-0.3, -0.25) is 5.73 Å². The molecule has 0 radical (unpaired) electrons. The average Bonchev–Trinajstić information content (AvgIpc) is 2.54. The number of hydrogen-bond acceptors (Lipinski definition) is 3. The number of rotatable bonds is 5. The maximum Gasteiger partial charge on any atom is 0.289 e. The SMILES string of the molecule is CCCc1[nH+]c(N)c(C#N)c(-c2ccc(OC)cc2)c1CC. The first kappa shape index (κ1) is 15.8. The normalized spacial score (nSPS) is 10.3. The van der Waals surface area contributed by atoms with Crippen molar-refractivity contribution in [3.8, 4) is 22.9 Å². The van der Waals surface area contributed by atoms with Gasteiger partial charge in [0.05, 0.1) is 7.11 Å². The van der Waals surface area contributed by atoms with E-state index in [1.807, 2.05) is 24.3 Å². The van der Waals surface area contributed by atoms with E-state index in [-0.39, 0.29) is 0 Å². The van der Waals surface area contributed by atoms with Gasteiger partial charge in [-0.05, 0) is 30.5 Å². The van der Waals surface area contributed by atoms with E-state index < -0.39 is 0 Å². The number of aryl methyl sites for hydroxylation is 1. The maximum absolute atomic E-state index is 9.53. The van der Waals surface area contributed by atoms with Crippen LogP contribution < -0.4 is 15.5 Å². The number of pyridine rings is 1. The Morgan fingerprint density at radius 1 is 1.23 bits per heavy atom. The molecule has 0 saturated heterocycles. The third kappa shape index (κ3) is 2.89. The fourth-order valence-electron chi connectivity index (χ4n) is 2.78. The van der Waals surface area contributed by atoms with Gasteiger partial charge in [-0.2, -0.15) is 5.26 Å². The number of nitrogens with one attached hydrogen (secondary N) is 1. The topological polar surface area (TPSA) is 73.2 Å². The molecule has 0 spiro atoms. The van der Waals surface area contributed by atoms with Crippen LogP contribution in [0.3, 0.4) is 0 Å². The minimum Gasteiger partial charge on any atom is -0.497 e. The molecule has 0 unspecified atom stereocenters. The third-order valence-corrected chi connectivity index (χ3v) is 3.81. The van der Waals surface area contributed by atoms with E-state index in [1.54, 1.807) is 7.11 Å². The van der Waals surface area contributed by atoms with E-state index in [4.69, 9.17) is 10.5 Å². The number of methoxy groups -OCH3 is 1. The summed E-state index contributed by atoms with van der Waals surface area (Å²) in [6.45, 7) is 4.24. The number of nitrogen functional groups attached to an aromatic ring is 1. The molecule has 22 heavy (non-hydrogen) atoms. The summed E-state index contributed by atoms with van der Waals surface area (Å²) >= 11 is 0. The predicted octanol–water partition coefficient (Wildman–Crippen LogP) is 3.15. The van der Waals surface area contributed by atoms with Crippen LogP contribution in [0.4, 0.5) is 5.82 Å². The molecule has 2 aromatic rings. The molecule has 0 saturated carbocycles. The Hall–Kier alpha value is -2.54. The maximum atomic E-state index is 9.53. The number of aromatic amines is 1. The van der Waals surface area contributed by atoms with Crippen molar-refractivity contribution in [2.75, 3.05) is 12.8 Å². The van der Waals surface area contributed by atoms with E-state index in [0.717, 1.165) is 47.4 Å². The van der Waals surface area contributed by atoms with Gasteiger partial charge in [0.1, 0.15) is 23.1 Å². The molecule has 0 bridgehead atoms. The zero-order valence-electron chi connectivity index (χ0n) is 13.4. The van der Waals surface area contributed by atoms with Crippen molar-refractivity contribution < 1.29 is 9.72 Å². The predicted molar refractivity (Wildman–Crippen MR) is 87.5 cm³/mol. The molecule has 4 nitrogen and oxygen atoms in total.